The summed E-state index contributed by atoms with van der Waals surface area (Å²) in [6, 6.07) is 13.2. The topological polar surface area (TPSA) is 54.4 Å². The monoisotopic (exact) mass is 311 g/mol. The van der Waals surface area contributed by atoms with Gasteiger partial charge in [0.15, 0.2) is 0 Å². The quantitative estimate of drug-likeness (QED) is 0.881. The van der Waals surface area contributed by atoms with Crippen molar-refractivity contribution in [2.75, 3.05) is 0 Å². The summed E-state index contributed by atoms with van der Waals surface area (Å²) >= 11 is 5.96. The highest BCUT2D eigenvalue weighted by Crippen LogP contribution is 2.15. The lowest BCUT2D eigenvalue weighted by Gasteiger charge is -2.01. The number of carbonyl (C=O) groups excluding carboxylic acids is 1. The zero-order valence-electron chi connectivity index (χ0n) is 11.8. The van der Waals surface area contributed by atoms with Crippen molar-refractivity contribution in [3.63, 3.8) is 0 Å². The molecule has 1 aliphatic rings. The van der Waals surface area contributed by atoms with E-state index in [2.05, 4.69) is 15.3 Å². The Morgan fingerprint density at radius 3 is 2.82 bits per heavy atom. The molecule has 0 bridgehead atoms. The van der Waals surface area contributed by atoms with Gasteiger partial charge in [0, 0.05) is 17.6 Å². The molecule has 110 valence electrons. The average Bonchev–Trinajstić information content (AvgIpc) is 2.87. The van der Waals surface area contributed by atoms with Gasteiger partial charge in [0.1, 0.15) is 11.5 Å². The summed E-state index contributed by atoms with van der Waals surface area (Å²) in [6.45, 7) is 0. The third-order valence-corrected chi connectivity index (χ3v) is 3.49. The van der Waals surface area contributed by atoms with Crippen molar-refractivity contribution in [2.45, 2.75) is 12.8 Å². The van der Waals surface area contributed by atoms with E-state index in [1.165, 1.54) is 0 Å². The summed E-state index contributed by atoms with van der Waals surface area (Å²) in [7, 11) is 0. The maximum Gasteiger partial charge on any atom is 0.275 e. The van der Waals surface area contributed by atoms with E-state index in [4.69, 9.17) is 11.6 Å². The van der Waals surface area contributed by atoms with Crippen LogP contribution in [-0.4, -0.2) is 16.7 Å². The van der Waals surface area contributed by atoms with Crippen LogP contribution in [0, 0.1) is 0 Å². The molecule has 0 saturated heterocycles. The molecule has 1 aromatic heterocycles. The van der Waals surface area contributed by atoms with Gasteiger partial charge in [-0.25, -0.2) is 4.99 Å². The molecule has 0 saturated carbocycles. The van der Waals surface area contributed by atoms with Crippen molar-refractivity contribution in [2.24, 2.45) is 4.99 Å². The van der Waals surface area contributed by atoms with Crippen LogP contribution < -0.4 is 5.32 Å². The molecule has 0 atom stereocenters. The fourth-order valence-corrected chi connectivity index (χ4v) is 2.40. The van der Waals surface area contributed by atoms with Crippen molar-refractivity contribution in [1.82, 2.24) is 10.3 Å². The van der Waals surface area contributed by atoms with Crippen molar-refractivity contribution in [3.8, 4) is 0 Å². The van der Waals surface area contributed by atoms with Crippen LogP contribution in [0.4, 0.5) is 0 Å². The van der Waals surface area contributed by atoms with Gasteiger partial charge in [-0.3, -0.25) is 9.78 Å². The molecule has 1 amide bonds. The van der Waals surface area contributed by atoms with E-state index in [1.54, 1.807) is 12.3 Å². The average molecular weight is 312 g/mol. The van der Waals surface area contributed by atoms with E-state index in [0.29, 0.717) is 28.7 Å². The lowest BCUT2D eigenvalue weighted by atomic mass is 10.1. The van der Waals surface area contributed by atoms with Gasteiger partial charge in [-0.1, -0.05) is 29.8 Å². The Balaban J connectivity index is 1.69. The Labute approximate surface area is 133 Å². The summed E-state index contributed by atoms with van der Waals surface area (Å²) in [6.07, 6.45) is 4.80. The minimum atomic E-state index is -0.188. The van der Waals surface area contributed by atoms with Crippen molar-refractivity contribution < 1.29 is 4.79 Å². The molecular formula is C17H14ClN3O. The number of pyridine rings is 1. The van der Waals surface area contributed by atoms with E-state index in [9.17, 15) is 4.79 Å². The van der Waals surface area contributed by atoms with Crippen molar-refractivity contribution in [1.29, 1.82) is 0 Å². The first-order valence-electron chi connectivity index (χ1n) is 6.97. The van der Waals surface area contributed by atoms with E-state index in [-0.39, 0.29) is 5.91 Å². The summed E-state index contributed by atoms with van der Waals surface area (Å²) in [5, 5.41) is 3.50. The van der Waals surface area contributed by atoms with Gasteiger partial charge < -0.3 is 5.32 Å². The number of hydrogen-bond donors (Lipinski definition) is 1. The second kappa shape index (κ2) is 6.54. The molecule has 5 heteroatoms. The lowest BCUT2D eigenvalue weighted by molar-refractivity contribution is -0.115. The maximum absolute atomic E-state index is 11.9. The number of halogens is 1. The summed E-state index contributed by atoms with van der Waals surface area (Å²) < 4.78 is 0. The molecule has 1 aliphatic heterocycles. The van der Waals surface area contributed by atoms with Crippen LogP contribution in [0.3, 0.4) is 0 Å². The van der Waals surface area contributed by atoms with Gasteiger partial charge in [-0.2, -0.15) is 0 Å². The Bertz CT molecular complexity index is 754. The normalized spacial score (nSPS) is 15.8. The number of amides is 1. The van der Waals surface area contributed by atoms with Crippen LogP contribution in [-0.2, 0) is 11.2 Å². The standard InChI is InChI=1S/C17H14ClN3O/c18-13-5-3-4-12(10-13)7-8-16-20-15(17(22)21-16)11-14-6-1-2-9-19-14/h1-6,9-11H,7-8H2,(H,20,21,22)/b15-11+. The number of amidine groups is 1. The number of hydrogen-bond acceptors (Lipinski definition) is 3. The molecule has 0 aliphatic carbocycles. The third-order valence-electron chi connectivity index (χ3n) is 3.26. The number of aliphatic imine (C=N–C) groups is 1. The second-order valence-corrected chi connectivity index (χ2v) is 5.36. The van der Waals surface area contributed by atoms with Crippen molar-refractivity contribution in [3.05, 3.63) is 70.6 Å². The fraction of sp³-hybridized carbons (Fsp3) is 0.118. The smallest absolute Gasteiger partial charge is 0.275 e. The molecule has 3 rings (SSSR count). The van der Waals surface area contributed by atoms with E-state index in [0.717, 1.165) is 12.0 Å². The van der Waals surface area contributed by atoms with Crippen LogP contribution in [0.25, 0.3) is 6.08 Å². The molecule has 2 heterocycles. The highest BCUT2D eigenvalue weighted by molar-refractivity contribution is 6.30. The van der Waals surface area contributed by atoms with Gasteiger partial charge in [0.05, 0.1) is 5.69 Å². The highest BCUT2D eigenvalue weighted by atomic mass is 35.5. The van der Waals surface area contributed by atoms with Crippen LogP contribution in [0.1, 0.15) is 17.7 Å². The molecule has 0 spiro atoms. The number of rotatable bonds is 4. The zero-order chi connectivity index (χ0) is 15.4. The first-order valence-corrected chi connectivity index (χ1v) is 7.34. The molecule has 0 fully saturated rings. The van der Waals surface area contributed by atoms with Crippen LogP contribution in [0.2, 0.25) is 5.02 Å². The first kappa shape index (κ1) is 14.5. The van der Waals surface area contributed by atoms with Gasteiger partial charge in [-0.05, 0) is 42.3 Å². The Morgan fingerprint density at radius 2 is 2.05 bits per heavy atom. The van der Waals surface area contributed by atoms with Gasteiger partial charge >= 0.3 is 0 Å². The first-order chi connectivity index (χ1) is 10.7. The number of carbonyl (C=O) groups is 1. The number of nitrogens with one attached hydrogen (secondary N) is 1. The van der Waals surface area contributed by atoms with Gasteiger partial charge in [-0.15, -0.1) is 0 Å². The van der Waals surface area contributed by atoms with E-state index >= 15 is 0 Å². The van der Waals surface area contributed by atoms with E-state index < -0.39 is 0 Å². The Kier molecular flexibility index (Phi) is 4.30. The Morgan fingerprint density at radius 1 is 1.14 bits per heavy atom. The molecule has 0 radical (unpaired) electrons. The predicted octanol–water partition coefficient (Wildman–Crippen LogP) is 3.24. The Hall–Kier alpha value is -2.46. The molecule has 0 unspecified atom stereocenters. The third kappa shape index (κ3) is 3.59. The van der Waals surface area contributed by atoms with Crippen LogP contribution >= 0.6 is 11.6 Å². The number of aromatic nitrogens is 1. The van der Waals surface area contributed by atoms with Crippen molar-refractivity contribution >= 4 is 29.4 Å². The van der Waals surface area contributed by atoms with E-state index in [1.807, 2.05) is 42.5 Å². The number of aryl methyl sites for hydroxylation is 1. The lowest BCUT2D eigenvalue weighted by Crippen LogP contribution is -2.24. The zero-order valence-corrected chi connectivity index (χ0v) is 12.5. The summed E-state index contributed by atoms with van der Waals surface area (Å²) in [4.78, 5) is 20.4. The number of nitrogens with zero attached hydrogens (tertiary/aromatic N) is 2. The maximum atomic E-state index is 11.9. The van der Waals surface area contributed by atoms with Gasteiger partial charge in [0.25, 0.3) is 5.91 Å². The second-order valence-electron chi connectivity index (χ2n) is 4.93. The summed E-state index contributed by atoms with van der Waals surface area (Å²) in [5.41, 5.74) is 2.22. The molecule has 22 heavy (non-hydrogen) atoms. The number of benzene rings is 1. The largest absolute Gasteiger partial charge is 0.309 e. The summed E-state index contributed by atoms with van der Waals surface area (Å²) in [5.74, 6) is 0.485. The molecule has 4 nitrogen and oxygen atoms in total. The SMILES string of the molecule is O=C1NC(CCc2cccc(Cl)c2)=N/C1=C/c1ccccn1. The minimum Gasteiger partial charge on any atom is -0.309 e. The predicted molar refractivity (Wildman–Crippen MR) is 87.6 cm³/mol. The molecule has 1 N–H and O–H groups in total. The highest BCUT2D eigenvalue weighted by Gasteiger charge is 2.19. The minimum absolute atomic E-state index is 0.188. The van der Waals surface area contributed by atoms with Gasteiger partial charge in [0.2, 0.25) is 0 Å². The fourth-order valence-electron chi connectivity index (χ4n) is 2.19. The molecule has 2 aromatic rings. The van der Waals surface area contributed by atoms with Crippen LogP contribution in [0.15, 0.2) is 59.4 Å². The molecular weight excluding hydrogens is 298 g/mol. The molecule has 1 aromatic carbocycles. The van der Waals surface area contributed by atoms with Crippen LogP contribution in [0.5, 0.6) is 0 Å².